The standard InChI is InChI=1S/C18H21NO6/c1-11-10-25-15(9-16(20)21)17(11)18(22)19-7-6-12-4-5-13(23-2)8-14(12)24-3/h4-5,8,10H,6-7,9H2,1-3H3,(H,19,22)(H,20,21). The molecule has 0 aliphatic carbocycles. The van der Waals surface area contributed by atoms with Crippen molar-refractivity contribution < 1.29 is 28.6 Å². The SMILES string of the molecule is COc1ccc(CCNC(=O)c2c(C)coc2CC(=O)O)c(OC)c1. The highest BCUT2D eigenvalue weighted by atomic mass is 16.5. The van der Waals surface area contributed by atoms with Gasteiger partial charge in [0.15, 0.2) is 0 Å². The number of benzene rings is 1. The molecule has 1 heterocycles. The number of carboxylic acids is 1. The number of carbonyl (C=O) groups is 2. The van der Waals surface area contributed by atoms with Gasteiger partial charge in [-0.2, -0.15) is 0 Å². The van der Waals surface area contributed by atoms with Crippen molar-refractivity contribution >= 4 is 11.9 Å². The molecule has 1 aromatic carbocycles. The van der Waals surface area contributed by atoms with Crippen LogP contribution in [0.5, 0.6) is 11.5 Å². The summed E-state index contributed by atoms with van der Waals surface area (Å²) in [5.74, 6) is 0.127. The Morgan fingerprint density at radius 2 is 2.00 bits per heavy atom. The quantitative estimate of drug-likeness (QED) is 0.760. The summed E-state index contributed by atoms with van der Waals surface area (Å²) >= 11 is 0. The van der Waals surface area contributed by atoms with Crippen LogP contribution in [0.1, 0.15) is 27.2 Å². The Bertz CT molecular complexity index is 765. The van der Waals surface area contributed by atoms with Crippen LogP contribution in [0.4, 0.5) is 0 Å². The first-order valence-electron chi connectivity index (χ1n) is 7.74. The second-order valence-electron chi connectivity index (χ2n) is 5.47. The molecule has 0 radical (unpaired) electrons. The van der Waals surface area contributed by atoms with E-state index in [1.165, 1.54) is 6.26 Å². The second kappa shape index (κ2) is 8.23. The summed E-state index contributed by atoms with van der Waals surface area (Å²) in [7, 11) is 3.15. The lowest BCUT2D eigenvalue weighted by atomic mass is 10.1. The summed E-state index contributed by atoms with van der Waals surface area (Å²) in [6.07, 6.45) is 1.62. The topological polar surface area (TPSA) is 98.0 Å². The number of aliphatic carboxylic acids is 1. The molecule has 0 aliphatic rings. The van der Waals surface area contributed by atoms with Crippen molar-refractivity contribution in [1.82, 2.24) is 5.32 Å². The summed E-state index contributed by atoms with van der Waals surface area (Å²) < 4.78 is 15.7. The van der Waals surface area contributed by atoms with Crippen LogP contribution in [0, 0.1) is 6.92 Å². The number of carboxylic acid groups (broad SMARTS) is 1. The molecule has 0 aliphatic heterocycles. The highest BCUT2D eigenvalue weighted by Gasteiger charge is 2.20. The fourth-order valence-electron chi connectivity index (χ4n) is 2.53. The van der Waals surface area contributed by atoms with Crippen LogP contribution in [0.3, 0.4) is 0 Å². The molecule has 0 atom stereocenters. The number of carbonyl (C=O) groups excluding carboxylic acids is 1. The van der Waals surface area contributed by atoms with Crippen molar-refractivity contribution in [3.63, 3.8) is 0 Å². The number of amides is 1. The summed E-state index contributed by atoms with van der Waals surface area (Å²) in [5, 5.41) is 11.7. The zero-order valence-electron chi connectivity index (χ0n) is 14.4. The fourth-order valence-corrected chi connectivity index (χ4v) is 2.53. The smallest absolute Gasteiger partial charge is 0.311 e. The average molecular weight is 347 g/mol. The van der Waals surface area contributed by atoms with E-state index in [9.17, 15) is 9.59 Å². The average Bonchev–Trinajstić information content (AvgIpc) is 2.94. The minimum absolute atomic E-state index is 0.157. The zero-order chi connectivity index (χ0) is 18.4. The largest absolute Gasteiger partial charge is 0.497 e. The number of methoxy groups -OCH3 is 2. The summed E-state index contributed by atoms with van der Waals surface area (Å²) in [5.41, 5.74) is 1.82. The lowest BCUT2D eigenvalue weighted by Crippen LogP contribution is -2.27. The number of hydrogen-bond donors (Lipinski definition) is 2. The van der Waals surface area contributed by atoms with Crippen LogP contribution < -0.4 is 14.8 Å². The predicted octanol–water partition coefficient (Wildman–Crippen LogP) is 2.20. The molecule has 0 fully saturated rings. The molecule has 134 valence electrons. The van der Waals surface area contributed by atoms with E-state index < -0.39 is 5.97 Å². The maximum Gasteiger partial charge on any atom is 0.311 e. The van der Waals surface area contributed by atoms with Crippen LogP contribution in [0.2, 0.25) is 0 Å². The summed E-state index contributed by atoms with van der Waals surface area (Å²) in [4.78, 5) is 23.2. The predicted molar refractivity (Wildman–Crippen MR) is 90.4 cm³/mol. The molecule has 7 heteroatoms. The van der Waals surface area contributed by atoms with Crippen LogP contribution >= 0.6 is 0 Å². The molecule has 0 spiro atoms. The molecule has 25 heavy (non-hydrogen) atoms. The Morgan fingerprint density at radius 3 is 2.64 bits per heavy atom. The van der Waals surface area contributed by atoms with Gasteiger partial charge < -0.3 is 24.3 Å². The van der Waals surface area contributed by atoms with Gasteiger partial charge in [-0.15, -0.1) is 0 Å². The first-order valence-corrected chi connectivity index (χ1v) is 7.74. The number of ether oxygens (including phenoxy) is 2. The van der Waals surface area contributed by atoms with E-state index in [1.54, 1.807) is 27.2 Å². The monoisotopic (exact) mass is 347 g/mol. The number of rotatable bonds is 8. The maximum atomic E-state index is 12.4. The molecule has 0 saturated carbocycles. The van der Waals surface area contributed by atoms with Gasteiger partial charge in [0, 0.05) is 18.2 Å². The molecule has 2 N–H and O–H groups in total. The third-order valence-electron chi connectivity index (χ3n) is 3.76. The molecule has 0 bridgehead atoms. The van der Waals surface area contributed by atoms with Crippen molar-refractivity contribution in [3.8, 4) is 11.5 Å². The van der Waals surface area contributed by atoms with E-state index in [2.05, 4.69) is 5.32 Å². The zero-order valence-corrected chi connectivity index (χ0v) is 14.4. The van der Waals surface area contributed by atoms with Crippen molar-refractivity contribution in [2.75, 3.05) is 20.8 Å². The molecular weight excluding hydrogens is 326 g/mol. The third-order valence-corrected chi connectivity index (χ3v) is 3.76. The molecule has 7 nitrogen and oxygen atoms in total. The molecular formula is C18H21NO6. The van der Waals surface area contributed by atoms with E-state index >= 15 is 0 Å². The Kier molecular flexibility index (Phi) is 6.05. The van der Waals surface area contributed by atoms with E-state index in [0.29, 0.717) is 30.0 Å². The first-order chi connectivity index (χ1) is 12.0. The second-order valence-corrected chi connectivity index (χ2v) is 5.47. The van der Waals surface area contributed by atoms with Gasteiger partial charge in [-0.3, -0.25) is 9.59 Å². The highest BCUT2D eigenvalue weighted by Crippen LogP contribution is 2.24. The van der Waals surface area contributed by atoms with E-state index in [-0.39, 0.29) is 23.7 Å². The number of nitrogens with one attached hydrogen (secondary N) is 1. The lowest BCUT2D eigenvalue weighted by Gasteiger charge is -2.11. The normalized spacial score (nSPS) is 10.4. The molecule has 0 saturated heterocycles. The van der Waals surface area contributed by atoms with Gasteiger partial charge in [0.1, 0.15) is 23.7 Å². The molecule has 1 amide bonds. The Hall–Kier alpha value is -2.96. The van der Waals surface area contributed by atoms with Gasteiger partial charge in [-0.25, -0.2) is 0 Å². The van der Waals surface area contributed by atoms with Gasteiger partial charge >= 0.3 is 5.97 Å². The van der Waals surface area contributed by atoms with Crippen molar-refractivity contribution in [3.05, 3.63) is 46.9 Å². The van der Waals surface area contributed by atoms with Crippen LogP contribution in [-0.4, -0.2) is 37.7 Å². The van der Waals surface area contributed by atoms with Gasteiger partial charge in [0.25, 0.3) is 5.91 Å². The van der Waals surface area contributed by atoms with E-state index in [4.69, 9.17) is 19.0 Å². The van der Waals surface area contributed by atoms with Crippen LogP contribution in [-0.2, 0) is 17.6 Å². The van der Waals surface area contributed by atoms with Crippen LogP contribution in [0.15, 0.2) is 28.9 Å². The van der Waals surface area contributed by atoms with Gasteiger partial charge in [0.2, 0.25) is 0 Å². The van der Waals surface area contributed by atoms with Crippen molar-refractivity contribution in [1.29, 1.82) is 0 Å². The Morgan fingerprint density at radius 1 is 1.24 bits per heavy atom. The fraction of sp³-hybridized carbons (Fsp3) is 0.333. The lowest BCUT2D eigenvalue weighted by molar-refractivity contribution is -0.136. The van der Waals surface area contributed by atoms with Crippen molar-refractivity contribution in [2.45, 2.75) is 19.8 Å². The minimum atomic E-state index is -1.05. The first kappa shape index (κ1) is 18.4. The number of hydrogen-bond acceptors (Lipinski definition) is 5. The van der Waals surface area contributed by atoms with E-state index in [0.717, 1.165) is 5.56 Å². The molecule has 2 aromatic rings. The summed E-state index contributed by atoms with van der Waals surface area (Å²) in [6.45, 7) is 2.08. The Labute approximate surface area is 145 Å². The number of aryl methyl sites for hydroxylation is 1. The molecule has 2 rings (SSSR count). The van der Waals surface area contributed by atoms with Gasteiger partial charge in [0.05, 0.1) is 26.0 Å². The van der Waals surface area contributed by atoms with Gasteiger partial charge in [-0.05, 0) is 25.0 Å². The number of furan rings is 1. The van der Waals surface area contributed by atoms with Crippen LogP contribution in [0.25, 0.3) is 0 Å². The van der Waals surface area contributed by atoms with Crippen molar-refractivity contribution in [2.24, 2.45) is 0 Å². The molecule has 1 aromatic heterocycles. The third kappa shape index (κ3) is 4.53. The Balaban J connectivity index is 2.02. The maximum absolute atomic E-state index is 12.4. The van der Waals surface area contributed by atoms with E-state index in [1.807, 2.05) is 12.1 Å². The minimum Gasteiger partial charge on any atom is -0.497 e. The van der Waals surface area contributed by atoms with Gasteiger partial charge in [-0.1, -0.05) is 6.07 Å². The highest BCUT2D eigenvalue weighted by molar-refractivity contribution is 5.97. The summed E-state index contributed by atoms with van der Waals surface area (Å²) in [6, 6.07) is 5.48. The molecule has 0 unspecified atom stereocenters.